The van der Waals surface area contributed by atoms with Crippen molar-refractivity contribution >= 4 is 11.6 Å². The summed E-state index contributed by atoms with van der Waals surface area (Å²) in [4.78, 5) is 2.74. The SMILES string of the molecule is C.CC[C@H](C)[C@H](CN1CCC(C2=CCC(Cl)CC2)C(C)(C)C1)NCC1CCCC(CO)C1.O.O.O.O. The van der Waals surface area contributed by atoms with E-state index in [0.717, 1.165) is 31.2 Å². The molecule has 220 valence electrons. The van der Waals surface area contributed by atoms with Crippen LogP contribution in [-0.4, -0.2) is 76.1 Å². The Hall–Kier alpha value is -0.250. The van der Waals surface area contributed by atoms with E-state index in [0.29, 0.717) is 35.3 Å². The molecule has 1 saturated heterocycles. The van der Waals surface area contributed by atoms with Crippen LogP contribution in [0, 0.1) is 29.1 Å². The number of allylic oxidation sites excluding steroid dienone is 2. The zero-order valence-corrected chi connectivity index (χ0v) is 23.5. The molecule has 7 nitrogen and oxygen atoms in total. The first-order valence-electron chi connectivity index (χ1n) is 13.2. The number of nitrogens with one attached hydrogen (secondary N) is 1. The third kappa shape index (κ3) is 11.2. The highest BCUT2D eigenvalue weighted by Gasteiger charge is 2.39. The molecule has 0 bridgehead atoms. The lowest BCUT2D eigenvalue weighted by molar-refractivity contribution is 0.0576. The number of piperidine rings is 1. The minimum absolute atomic E-state index is 0. The molecule has 2 aliphatic carbocycles. The zero-order chi connectivity index (χ0) is 22.4. The van der Waals surface area contributed by atoms with Gasteiger partial charge in [-0.2, -0.15) is 0 Å². The Morgan fingerprint density at radius 1 is 1.11 bits per heavy atom. The minimum Gasteiger partial charge on any atom is -0.412 e. The van der Waals surface area contributed by atoms with Crippen molar-refractivity contribution in [1.82, 2.24) is 10.2 Å². The fraction of sp³-hybridized carbons (Fsp3) is 0.929. The van der Waals surface area contributed by atoms with E-state index in [9.17, 15) is 5.11 Å². The van der Waals surface area contributed by atoms with Crippen LogP contribution in [0.3, 0.4) is 0 Å². The van der Waals surface area contributed by atoms with Gasteiger partial charge in [0.15, 0.2) is 0 Å². The summed E-state index contributed by atoms with van der Waals surface area (Å²) in [6.45, 7) is 14.8. The van der Waals surface area contributed by atoms with Gasteiger partial charge in [-0.15, -0.1) is 11.6 Å². The van der Waals surface area contributed by atoms with E-state index in [2.05, 4.69) is 44.0 Å². The first-order chi connectivity index (χ1) is 14.8. The van der Waals surface area contributed by atoms with Crippen LogP contribution in [0.1, 0.15) is 92.9 Å². The van der Waals surface area contributed by atoms with Crippen molar-refractivity contribution in [1.29, 1.82) is 0 Å². The maximum atomic E-state index is 9.57. The third-order valence-corrected chi connectivity index (χ3v) is 9.14. The first kappa shape index (κ1) is 40.2. The van der Waals surface area contributed by atoms with Gasteiger partial charge in [-0.1, -0.05) is 59.6 Å². The molecule has 3 rings (SSSR count). The maximum Gasteiger partial charge on any atom is 0.0459 e. The number of hydrogen-bond donors (Lipinski definition) is 2. The fourth-order valence-corrected chi connectivity index (χ4v) is 6.73. The predicted molar refractivity (Wildman–Crippen MR) is 155 cm³/mol. The molecule has 0 spiro atoms. The third-order valence-electron chi connectivity index (χ3n) is 8.74. The number of nitrogens with zero attached hydrogens (tertiary/aromatic N) is 1. The molecule has 6 atom stereocenters. The van der Waals surface area contributed by atoms with Crippen molar-refractivity contribution < 1.29 is 27.0 Å². The van der Waals surface area contributed by atoms with Crippen molar-refractivity contribution in [2.24, 2.45) is 29.1 Å². The maximum absolute atomic E-state index is 9.57. The lowest BCUT2D eigenvalue weighted by Crippen LogP contribution is -2.53. The molecular weight excluding hydrogens is 480 g/mol. The van der Waals surface area contributed by atoms with Gasteiger partial charge in [-0.25, -0.2) is 0 Å². The molecule has 0 radical (unpaired) electrons. The van der Waals surface area contributed by atoms with Crippen molar-refractivity contribution in [3.8, 4) is 0 Å². The van der Waals surface area contributed by atoms with Crippen LogP contribution >= 0.6 is 11.6 Å². The van der Waals surface area contributed by atoms with Crippen molar-refractivity contribution in [3.05, 3.63) is 11.6 Å². The van der Waals surface area contributed by atoms with Crippen LogP contribution in [-0.2, 0) is 0 Å². The van der Waals surface area contributed by atoms with Crippen LogP contribution in [0.15, 0.2) is 11.6 Å². The number of aliphatic hydroxyl groups is 1. The molecule has 3 aliphatic rings. The summed E-state index contributed by atoms with van der Waals surface area (Å²) >= 11 is 6.35. The lowest BCUT2D eigenvalue weighted by atomic mass is 9.68. The van der Waals surface area contributed by atoms with E-state index >= 15 is 0 Å². The van der Waals surface area contributed by atoms with E-state index in [-0.39, 0.29) is 29.3 Å². The summed E-state index contributed by atoms with van der Waals surface area (Å²) in [5, 5.41) is 13.9. The average molecular weight is 541 g/mol. The lowest BCUT2D eigenvalue weighted by Gasteiger charge is -2.47. The molecule has 0 aromatic rings. The smallest absolute Gasteiger partial charge is 0.0459 e. The van der Waals surface area contributed by atoms with Crippen LogP contribution in [0.4, 0.5) is 0 Å². The van der Waals surface area contributed by atoms with Gasteiger partial charge in [-0.05, 0) is 87.1 Å². The molecule has 0 amide bonds. The Morgan fingerprint density at radius 2 is 1.78 bits per heavy atom. The Kier molecular flexibility index (Phi) is 21.1. The molecule has 8 heteroatoms. The molecule has 0 aromatic heterocycles. The molecule has 10 N–H and O–H groups in total. The van der Waals surface area contributed by atoms with Gasteiger partial charge in [-0.3, -0.25) is 0 Å². The second-order valence-electron chi connectivity index (χ2n) is 11.7. The van der Waals surface area contributed by atoms with Gasteiger partial charge in [0.2, 0.25) is 0 Å². The highest BCUT2D eigenvalue weighted by molar-refractivity contribution is 6.20. The van der Waals surface area contributed by atoms with Crippen LogP contribution in [0.5, 0.6) is 0 Å². The normalized spacial score (nSPS) is 29.4. The molecule has 36 heavy (non-hydrogen) atoms. The first-order valence-corrected chi connectivity index (χ1v) is 13.7. The number of rotatable bonds is 9. The average Bonchev–Trinajstić information content (AvgIpc) is 2.76. The number of likely N-dealkylation sites (tertiary alicyclic amines) is 1. The molecule has 1 saturated carbocycles. The van der Waals surface area contributed by atoms with E-state index in [1.807, 2.05) is 0 Å². The van der Waals surface area contributed by atoms with Crippen molar-refractivity contribution in [2.45, 2.75) is 104 Å². The van der Waals surface area contributed by atoms with Crippen LogP contribution in [0.25, 0.3) is 0 Å². The van der Waals surface area contributed by atoms with Gasteiger partial charge < -0.3 is 37.2 Å². The van der Waals surface area contributed by atoms with E-state index in [1.165, 1.54) is 64.6 Å². The zero-order valence-electron chi connectivity index (χ0n) is 22.7. The molecule has 1 aliphatic heterocycles. The number of halogens is 1. The quantitative estimate of drug-likeness (QED) is 0.339. The topological polar surface area (TPSA) is 162 Å². The number of alkyl halides is 1. The van der Waals surface area contributed by atoms with Gasteiger partial charge in [0.1, 0.15) is 0 Å². The largest absolute Gasteiger partial charge is 0.412 e. The Labute approximate surface area is 226 Å². The second kappa shape index (κ2) is 18.9. The summed E-state index contributed by atoms with van der Waals surface area (Å²) in [7, 11) is 0. The van der Waals surface area contributed by atoms with Crippen LogP contribution < -0.4 is 5.32 Å². The van der Waals surface area contributed by atoms with Gasteiger partial charge >= 0.3 is 0 Å². The molecule has 4 unspecified atom stereocenters. The Morgan fingerprint density at radius 3 is 2.33 bits per heavy atom. The molecule has 0 aromatic carbocycles. The van der Waals surface area contributed by atoms with Crippen LogP contribution in [0.2, 0.25) is 0 Å². The highest BCUT2D eigenvalue weighted by Crippen LogP contribution is 2.43. The van der Waals surface area contributed by atoms with Gasteiger partial charge in [0, 0.05) is 31.1 Å². The monoisotopic (exact) mass is 540 g/mol. The van der Waals surface area contributed by atoms with Crippen molar-refractivity contribution in [2.75, 3.05) is 32.8 Å². The fourth-order valence-electron chi connectivity index (χ4n) is 6.53. The molecule has 1 heterocycles. The summed E-state index contributed by atoms with van der Waals surface area (Å²) in [5.74, 6) is 2.69. The summed E-state index contributed by atoms with van der Waals surface area (Å²) in [5.41, 5.74) is 2.02. The summed E-state index contributed by atoms with van der Waals surface area (Å²) in [6, 6.07) is 0.567. The highest BCUT2D eigenvalue weighted by atomic mass is 35.5. The van der Waals surface area contributed by atoms with Crippen molar-refractivity contribution in [3.63, 3.8) is 0 Å². The minimum atomic E-state index is 0. The summed E-state index contributed by atoms with van der Waals surface area (Å²) < 4.78 is 0. The molecule has 2 fully saturated rings. The molecular formula is C28H61ClN2O5. The summed E-state index contributed by atoms with van der Waals surface area (Å²) in [6.07, 6.45) is 13.4. The predicted octanol–water partition coefficient (Wildman–Crippen LogP) is 3.19. The van der Waals surface area contributed by atoms with E-state index in [4.69, 9.17) is 11.6 Å². The number of hydrogen-bond acceptors (Lipinski definition) is 3. The van der Waals surface area contributed by atoms with Gasteiger partial charge in [0.25, 0.3) is 0 Å². The Balaban J connectivity index is -0.00000218. The van der Waals surface area contributed by atoms with E-state index < -0.39 is 0 Å². The number of aliphatic hydroxyl groups excluding tert-OH is 1. The Bertz CT molecular complexity index is 592. The second-order valence-corrected chi connectivity index (χ2v) is 12.3. The van der Waals surface area contributed by atoms with E-state index in [1.54, 1.807) is 5.57 Å². The van der Waals surface area contributed by atoms with Gasteiger partial charge in [0.05, 0.1) is 0 Å². The standard InChI is InChI=1S/C27H49ClN2O.CH4.4H2O/c1-5-20(2)26(29-16-21-7-6-8-22(15-21)18-31)17-30-14-13-25(27(3,4)19-30)23-9-11-24(28)12-10-23;;;;;/h9,20-22,24-26,29,31H,5-8,10-19H2,1-4H3;1H4;4*1H2/t20-,21?,22?,24?,25?,26-;;;;;/m0...../s1.